The zero-order chi connectivity index (χ0) is 14.9. The van der Waals surface area contributed by atoms with E-state index in [0.29, 0.717) is 0 Å². The zero-order valence-corrected chi connectivity index (χ0v) is 10.4. The molecule has 0 saturated heterocycles. The average molecular weight is 284 g/mol. The largest absolute Gasteiger partial charge is 0.453 e. The average Bonchev–Trinajstić information content (AvgIpc) is 2.48. The maximum absolute atomic E-state index is 11.8. The van der Waals surface area contributed by atoms with Crippen molar-refractivity contribution >= 4 is 5.97 Å². The van der Waals surface area contributed by atoms with Gasteiger partial charge < -0.3 is 30.3 Å². The SMILES string of the molecule is O=C(O[C@H]1[C@H](O)[C@@H](O)[C@@H](O)[C@H](O)[C@@H]1O)c1ccccc1. The van der Waals surface area contributed by atoms with Gasteiger partial charge in [-0.3, -0.25) is 0 Å². The summed E-state index contributed by atoms with van der Waals surface area (Å²) >= 11 is 0. The second-order valence-electron chi connectivity index (χ2n) is 4.69. The van der Waals surface area contributed by atoms with Crippen LogP contribution in [0.5, 0.6) is 0 Å². The van der Waals surface area contributed by atoms with Crippen molar-refractivity contribution in [3.8, 4) is 0 Å². The summed E-state index contributed by atoms with van der Waals surface area (Å²) < 4.78 is 4.92. The molecule has 20 heavy (non-hydrogen) atoms. The number of hydrogen-bond acceptors (Lipinski definition) is 7. The normalized spacial score (nSPS) is 37.5. The van der Waals surface area contributed by atoms with Crippen LogP contribution in [-0.2, 0) is 4.74 Å². The highest BCUT2D eigenvalue weighted by Crippen LogP contribution is 2.24. The smallest absolute Gasteiger partial charge is 0.338 e. The lowest BCUT2D eigenvalue weighted by Gasteiger charge is -2.41. The van der Waals surface area contributed by atoms with Crippen LogP contribution in [0, 0.1) is 0 Å². The molecule has 0 aliphatic heterocycles. The van der Waals surface area contributed by atoms with Crippen LogP contribution in [0.2, 0.25) is 0 Å². The van der Waals surface area contributed by atoms with Crippen LogP contribution < -0.4 is 0 Å². The number of carbonyl (C=O) groups is 1. The third-order valence-electron chi connectivity index (χ3n) is 3.33. The molecular formula is C13H16O7. The molecule has 110 valence electrons. The Kier molecular flexibility index (Phi) is 4.36. The zero-order valence-electron chi connectivity index (χ0n) is 10.4. The first kappa shape index (κ1) is 14.9. The van der Waals surface area contributed by atoms with Gasteiger partial charge in [0.05, 0.1) is 5.56 Å². The minimum Gasteiger partial charge on any atom is -0.453 e. The van der Waals surface area contributed by atoms with Crippen LogP contribution >= 0.6 is 0 Å². The number of ether oxygens (including phenoxy) is 1. The highest BCUT2D eigenvalue weighted by atomic mass is 16.6. The second kappa shape index (κ2) is 5.86. The molecule has 6 atom stereocenters. The molecule has 1 aliphatic carbocycles. The van der Waals surface area contributed by atoms with Gasteiger partial charge in [-0.05, 0) is 12.1 Å². The van der Waals surface area contributed by atoms with E-state index in [1.807, 2.05) is 0 Å². The summed E-state index contributed by atoms with van der Waals surface area (Å²) in [5.74, 6) is -0.815. The highest BCUT2D eigenvalue weighted by Gasteiger charge is 2.50. The fourth-order valence-electron chi connectivity index (χ4n) is 2.10. The molecule has 0 aromatic heterocycles. The maximum Gasteiger partial charge on any atom is 0.338 e. The summed E-state index contributed by atoms with van der Waals surface area (Å²) in [5, 5.41) is 47.9. The molecule has 0 amide bonds. The Morgan fingerprint density at radius 2 is 1.25 bits per heavy atom. The fraction of sp³-hybridized carbons (Fsp3) is 0.462. The summed E-state index contributed by atoms with van der Waals surface area (Å²) in [4.78, 5) is 11.8. The van der Waals surface area contributed by atoms with Crippen molar-refractivity contribution in [1.29, 1.82) is 0 Å². The van der Waals surface area contributed by atoms with Gasteiger partial charge in [0.15, 0.2) is 6.10 Å². The van der Waals surface area contributed by atoms with Crippen molar-refractivity contribution in [2.45, 2.75) is 36.6 Å². The Morgan fingerprint density at radius 3 is 1.75 bits per heavy atom. The van der Waals surface area contributed by atoms with Crippen molar-refractivity contribution in [2.75, 3.05) is 0 Å². The molecule has 5 N–H and O–H groups in total. The van der Waals surface area contributed by atoms with E-state index in [9.17, 15) is 30.3 Å². The molecule has 0 spiro atoms. The predicted molar refractivity (Wildman–Crippen MR) is 65.7 cm³/mol. The van der Waals surface area contributed by atoms with E-state index < -0.39 is 42.6 Å². The fourth-order valence-corrected chi connectivity index (χ4v) is 2.10. The Morgan fingerprint density at radius 1 is 0.800 bits per heavy atom. The van der Waals surface area contributed by atoms with Crippen LogP contribution in [0.3, 0.4) is 0 Å². The third-order valence-corrected chi connectivity index (χ3v) is 3.33. The molecule has 0 heterocycles. The Hall–Kier alpha value is -1.51. The molecule has 1 aliphatic rings. The second-order valence-corrected chi connectivity index (χ2v) is 4.69. The van der Waals surface area contributed by atoms with Crippen LogP contribution in [-0.4, -0.2) is 68.1 Å². The standard InChI is InChI=1S/C13H16O7/c14-7-8(15)10(17)12(11(18)9(7)16)20-13(19)6-4-2-1-3-5-6/h1-5,7-12,14-18H/t7-,8-,9-,10-,11+,12+/m0/s1. The molecule has 7 heteroatoms. The van der Waals surface area contributed by atoms with Gasteiger partial charge in [0.1, 0.15) is 30.5 Å². The number of aliphatic hydroxyl groups excluding tert-OH is 5. The van der Waals surface area contributed by atoms with Gasteiger partial charge in [-0.25, -0.2) is 4.79 Å². The molecule has 2 rings (SSSR count). The van der Waals surface area contributed by atoms with Gasteiger partial charge in [0.2, 0.25) is 0 Å². The number of benzene rings is 1. The van der Waals surface area contributed by atoms with Crippen molar-refractivity contribution < 1.29 is 35.1 Å². The van der Waals surface area contributed by atoms with Gasteiger partial charge in [0, 0.05) is 0 Å². The van der Waals surface area contributed by atoms with E-state index in [1.165, 1.54) is 12.1 Å². The third kappa shape index (κ3) is 2.67. The summed E-state index contributed by atoms with van der Waals surface area (Å²) in [5.41, 5.74) is 0.196. The monoisotopic (exact) mass is 284 g/mol. The molecular weight excluding hydrogens is 268 g/mol. The van der Waals surface area contributed by atoms with Crippen LogP contribution in [0.15, 0.2) is 30.3 Å². The van der Waals surface area contributed by atoms with Gasteiger partial charge in [-0.2, -0.15) is 0 Å². The Bertz CT molecular complexity index is 447. The lowest BCUT2D eigenvalue weighted by molar-refractivity contribution is -0.223. The molecule has 7 nitrogen and oxygen atoms in total. The molecule has 0 radical (unpaired) electrons. The topological polar surface area (TPSA) is 127 Å². The van der Waals surface area contributed by atoms with Crippen LogP contribution in [0.25, 0.3) is 0 Å². The van der Waals surface area contributed by atoms with Crippen molar-refractivity contribution in [3.63, 3.8) is 0 Å². The molecule has 0 bridgehead atoms. The van der Waals surface area contributed by atoms with Gasteiger partial charge >= 0.3 is 5.97 Å². The van der Waals surface area contributed by atoms with Crippen molar-refractivity contribution in [1.82, 2.24) is 0 Å². The van der Waals surface area contributed by atoms with E-state index in [4.69, 9.17) is 4.74 Å². The number of esters is 1. The minimum atomic E-state index is -1.72. The van der Waals surface area contributed by atoms with E-state index in [2.05, 4.69) is 0 Å². The number of hydrogen-bond donors (Lipinski definition) is 5. The van der Waals surface area contributed by atoms with Gasteiger partial charge in [-0.1, -0.05) is 18.2 Å². The summed E-state index contributed by atoms with van der Waals surface area (Å²) in [6.45, 7) is 0. The van der Waals surface area contributed by atoms with Crippen molar-refractivity contribution in [2.24, 2.45) is 0 Å². The summed E-state index contributed by atoms with van der Waals surface area (Å²) in [6.07, 6.45) is -10.1. The van der Waals surface area contributed by atoms with Crippen molar-refractivity contribution in [3.05, 3.63) is 35.9 Å². The predicted octanol–water partition coefficient (Wildman–Crippen LogP) is -1.97. The first-order chi connectivity index (χ1) is 9.43. The molecule has 1 aromatic carbocycles. The summed E-state index contributed by atoms with van der Waals surface area (Å²) in [7, 11) is 0. The Balaban J connectivity index is 2.13. The van der Waals surface area contributed by atoms with Crippen LogP contribution in [0.4, 0.5) is 0 Å². The maximum atomic E-state index is 11.8. The quantitative estimate of drug-likeness (QED) is 0.399. The molecule has 0 unspecified atom stereocenters. The highest BCUT2D eigenvalue weighted by molar-refractivity contribution is 5.89. The first-order valence-corrected chi connectivity index (χ1v) is 6.10. The lowest BCUT2D eigenvalue weighted by atomic mass is 9.85. The van der Waals surface area contributed by atoms with Gasteiger partial charge in [-0.15, -0.1) is 0 Å². The lowest BCUT2D eigenvalue weighted by Crippen LogP contribution is -2.64. The number of rotatable bonds is 2. The Labute approximate surface area is 114 Å². The molecule has 1 aromatic rings. The first-order valence-electron chi connectivity index (χ1n) is 6.10. The molecule has 1 saturated carbocycles. The number of carbonyl (C=O) groups excluding carboxylic acids is 1. The minimum absolute atomic E-state index is 0.196. The molecule has 1 fully saturated rings. The van der Waals surface area contributed by atoms with E-state index >= 15 is 0 Å². The van der Waals surface area contributed by atoms with E-state index in [-0.39, 0.29) is 5.56 Å². The van der Waals surface area contributed by atoms with Crippen LogP contribution in [0.1, 0.15) is 10.4 Å². The summed E-state index contributed by atoms with van der Waals surface area (Å²) in [6, 6.07) is 7.87. The van der Waals surface area contributed by atoms with E-state index in [0.717, 1.165) is 0 Å². The van der Waals surface area contributed by atoms with E-state index in [1.54, 1.807) is 18.2 Å². The number of aliphatic hydroxyl groups is 5. The van der Waals surface area contributed by atoms with Gasteiger partial charge in [0.25, 0.3) is 0 Å².